The van der Waals surface area contributed by atoms with E-state index in [1.54, 1.807) is 28.4 Å². The molecule has 0 saturated heterocycles. The molecule has 0 aromatic heterocycles. The molecule has 0 radical (unpaired) electrons. The Hall–Kier alpha value is -3.13. The molecular weight excluding hydrogens is 398 g/mol. The Morgan fingerprint density at radius 1 is 0.903 bits per heavy atom. The standard InChI is InChI=1S/C23H33N3O5/c1-6-24-23(26-17-9-7-10-18(13-17)31-12-8-11-27-2)25-16-20-21(29-4)14-19(28-3)15-22(20)30-5/h7,9-10,13-15H,6,8,11-12,16H2,1-5H3,(H2,24,25,26). The number of methoxy groups -OCH3 is 4. The molecule has 0 unspecified atom stereocenters. The van der Waals surface area contributed by atoms with Gasteiger partial charge in [0.15, 0.2) is 5.96 Å². The lowest BCUT2D eigenvalue weighted by atomic mass is 10.1. The SMILES string of the molecule is CCNC(=NCc1c(OC)cc(OC)cc1OC)Nc1cccc(OCCCOC)c1. The summed E-state index contributed by atoms with van der Waals surface area (Å²) < 4.78 is 27.2. The molecule has 8 nitrogen and oxygen atoms in total. The third kappa shape index (κ3) is 7.57. The van der Waals surface area contributed by atoms with E-state index in [-0.39, 0.29) is 0 Å². The van der Waals surface area contributed by atoms with Crippen molar-refractivity contribution in [2.45, 2.75) is 19.9 Å². The number of nitrogens with one attached hydrogen (secondary N) is 2. The number of ether oxygens (including phenoxy) is 5. The number of aliphatic imine (C=N–C) groups is 1. The molecule has 0 bridgehead atoms. The lowest BCUT2D eigenvalue weighted by molar-refractivity contribution is 0.172. The highest BCUT2D eigenvalue weighted by atomic mass is 16.5. The molecule has 2 N–H and O–H groups in total. The van der Waals surface area contributed by atoms with E-state index in [9.17, 15) is 0 Å². The van der Waals surface area contributed by atoms with Crippen LogP contribution in [0.1, 0.15) is 18.9 Å². The maximum atomic E-state index is 5.78. The lowest BCUT2D eigenvalue weighted by Gasteiger charge is -2.16. The van der Waals surface area contributed by atoms with Gasteiger partial charge in [-0.15, -0.1) is 0 Å². The van der Waals surface area contributed by atoms with Gasteiger partial charge in [0.2, 0.25) is 0 Å². The van der Waals surface area contributed by atoms with Gasteiger partial charge in [0.05, 0.1) is 40.0 Å². The second-order valence-electron chi connectivity index (χ2n) is 6.55. The second-order valence-corrected chi connectivity index (χ2v) is 6.55. The Kier molecular flexibility index (Phi) is 10.3. The summed E-state index contributed by atoms with van der Waals surface area (Å²) in [7, 11) is 6.52. The first kappa shape index (κ1) is 24.1. The number of rotatable bonds is 12. The molecule has 0 atom stereocenters. The summed E-state index contributed by atoms with van der Waals surface area (Å²) in [6.45, 7) is 4.37. The zero-order valence-electron chi connectivity index (χ0n) is 19.0. The normalized spacial score (nSPS) is 11.1. The van der Waals surface area contributed by atoms with Crippen LogP contribution >= 0.6 is 0 Å². The number of anilines is 1. The summed E-state index contributed by atoms with van der Waals surface area (Å²) >= 11 is 0. The Morgan fingerprint density at radius 2 is 1.65 bits per heavy atom. The maximum Gasteiger partial charge on any atom is 0.196 e. The van der Waals surface area contributed by atoms with E-state index in [4.69, 9.17) is 28.7 Å². The third-order valence-corrected chi connectivity index (χ3v) is 4.41. The van der Waals surface area contributed by atoms with Gasteiger partial charge in [-0.05, 0) is 19.1 Å². The highest BCUT2D eigenvalue weighted by molar-refractivity contribution is 5.93. The molecule has 2 rings (SSSR count). The fraction of sp³-hybridized carbons (Fsp3) is 0.435. The van der Waals surface area contributed by atoms with E-state index in [1.165, 1.54) is 0 Å². The van der Waals surface area contributed by atoms with Crippen molar-refractivity contribution in [3.63, 3.8) is 0 Å². The number of hydrogen-bond acceptors (Lipinski definition) is 6. The van der Waals surface area contributed by atoms with Crippen LogP contribution in [0, 0.1) is 0 Å². The summed E-state index contributed by atoms with van der Waals surface area (Å²) in [6, 6.07) is 11.4. The Bertz CT molecular complexity index is 817. The largest absolute Gasteiger partial charge is 0.496 e. The van der Waals surface area contributed by atoms with Crippen LogP contribution in [0.25, 0.3) is 0 Å². The maximum absolute atomic E-state index is 5.78. The zero-order valence-corrected chi connectivity index (χ0v) is 19.0. The highest BCUT2D eigenvalue weighted by Crippen LogP contribution is 2.34. The Balaban J connectivity index is 2.16. The molecule has 170 valence electrons. The molecule has 0 aliphatic rings. The quantitative estimate of drug-likeness (QED) is 0.301. The third-order valence-electron chi connectivity index (χ3n) is 4.41. The van der Waals surface area contributed by atoms with E-state index in [2.05, 4.69) is 10.6 Å². The van der Waals surface area contributed by atoms with Crippen molar-refractivity contribution in [3.8, 4) is 23.0 Å². The van der Waals surface area contributed by atoms with Crippen molar-refractivity contribution in [1.82, 2.24) is 5.32 Å². The van der Waals surface area contributed by atoms with Crippen molar-refractivity contribution in [3.05, 3.63) is 42.0 Å². The van der Waals surface area contributed by atoms with Crippen molar-refractivity contribution in [2.75, 3.05) is 53.5 Å². The molecule has 0 saturated carbocycles. The van der Waals surface area contributed by atoms with Gasteiger partial charge in [-0.25, -0.2) is 4.99 Å². The average Bonchev–Trinajstić information content (AvgIpc) is 2.80. The average molecular weight is 432 g/mol. The van der Waals surface area contributed by atoms with Crippen LogP contribution < -0.4 is 29.6 Å². The van der Waals surface area contributed by atoms with Gasteiger partial charge in [0.1, 0.15) is 23.0 Å². The minimum Gasteiger partial charge on any atom is -0.496 e. The molecule has 8 heteroatoms. The predicted octanol–water partition coefficient (Wildman–Crippen LogP) is 3.71. The molecule has 0 heterocycles. The summed E-state index contributed by atoms with van der Waals surface area (Å²) in [5.74, 6) is 3.40. The molecule has 0 fully saturated rings. The van der Waals surface area contributed by atoms with Gasteiger partial charge in [-0.3, -0.25) is 0 Å². The smallest absolute Gasteiger partial charge is 0.196 e. The fourth-order valence-corrected chi connectivity index (χ4v) is 2.89. The molecule has 2 aromatic carbocycles. The molecule has 2 aromatic rings. The van der Waals surface area contributed by atoms with Crippen LogP contribution in [0.2, 0.25) is 0 Å². The number of hydrogen-bond donors (Lipinski definition) is 2. The van der Waals surface area contributed by atoms with E-state index in [0.29, 0.717) is 43.0 Å². The second kappa shape index (κ2) is 13.2. The van der Waals surface area contributed by atoms with E-state index in [0.717, 1.165) is 30.0 Å². The number of benzene rings is 2. The Labute approximate surface area is 184 Å². The lowest BCUT2D eigenvalue weighted by Crippen LogP contribution is -2.30. The van der Waals surface area contributed by atoms with Crippen LogP contribution in [0.4, 0.5) is 5.69 Å². The van der Waals surface area contributed by atoms with Crippen molar-refractivity contribution in [2.24, 2.45) is 4.99 Å². The molecule has 0 amide bonds. The first-order valence-electron chi connectivity index (χ1n) is 10.2. The molecule has 31 heavy (non-hydrogen) atoms. The van der Waals surface area contributed by atoms with Crippen molar-refractivity contribution < 1.29 is 23.7 Å². The van der Waals surface area contributed by atoms with Crippen LogP contribution in [0.15, 0.2) is 41.4 Å². The first-order valence-corrected chi connectivity index (χ1v) is 10.2. The zero-order chi connectivity index (χ0) is 22.5. The van der Waals surface area contributed by atoms with Gasteiger partial charge >= 0.3 is 0 Å². The summed E-state index contributed by atoms with van der Waals surface area (Å²) in [6.07, 6.45) is 0.837. The van der Waals surface area contributed by atoms with Gasteiger partial charge in [-0.1, -0.05) is 6.07 Å². The van der Waals surface area contributed by atoms with Crippen LogP contribution in [-0.2, 0) is 11.3 Å². The monoisotopic (exact) mass is 431 g/mol. The topological polar surface area (TPSA) is 82.6 Å². The van der Waals surface area contributed by atoms with Crippen LogP contribution in [0.5, 0.6) is 23.0 Å². The summed E-state index contributed by atoms with van der Waals surface area (Å²) in [5, 5.41) is 6.57. The van der Waals surface area contributed by atoms with Gasteiger partial charge in [-0.2, -0.15) is 0 Å². The molecule has 0 aliphatic heterocycles. The predicted molar refractivity (Wildman–Crippen MR) is 123 cm³/mol. The van der Waals surface area contributed by atoms with Crippen molar-refractivity contribution in [1.29, 1.82) is 0 Å². The van der Waals surface area contributed by atoms with Gasteiger partial charge < -0.3 is 34.3 Å². The van der Waals surface area contributed by atoms with E-state index in [1.807, 2.05) is 43.3 Å². The Morgan fingerprint density at radius 3 is 2.26 bits per heavy atom. The highest BCUT2D eigenvalue weighted by Gasteiger charge is 2.13. The molecule has 0 aliphatic carbocycles. The fourth-order valence-electron chi connectivity index (χ4n) is 2.89. The van der Waals surface area contributed by atoms with Crippen LogP contribution in [0.3, 0.4) is 0 Å². The van der Waals surface area contributed by atoms with Gasteiger partial charge in [0, 0.05) is 50.6 Å². The molecular formula is C23H33N3O5. The minimum atomic E-state index is 0.360. The van der Waals surface area contributed by atoms with Crippen molar-refractivity contribution >= 4 is 11.6 Å². The molecule has 0 spiro atoms. The van der Waals surface area contributed by atoms with E-state index >= 15 is 0 Å². The van der Waals surface area contributed by atoms with Crippen LogP contribution in [-0.4, -0.2) is 54.2 Å². The summed E-state index contributed by atoms with van der Waals surface area (Å²) in [5.41, 5.74) is 1.70. The minimum absolute atomic E-state index is 0.360. The number of guanidine groups is 1. The van der Waals surface area contributed by atoms with E-state index < -0.39 is 0 Å². The van der Waals surface area contributed by atoms with Gasteiger partial charge in [0.25, 0.3) is 0 Å². The first-order chi connectivity index (χ1) is 15.1. The number of nitrogens with zero attached hydrogens (tertiary/aromatic N) is 1. The summed E-state index contributed by atoms with van der Waals surface area (Å²) in [4.78, 5) is 4.70.